The van der Waals surface area contributed by atoms with Crippen LogP contribution in [0.5, 0.6) is 0 Å². The van der Waals surface area contributed by atoms with E-state index in [4.69, 9.17) is 4.42 Å². The number of aryl methyl sites for hydroxylation is 4. The molecule has 0 unspecified atom stereocenters. The number of hydrogen-bond donors (Lipinski definition) is 0. The lowest BCUT2D eigenvalue weighted by atomic mass is 9.98. The molecule has 0 aliphatic carbocycles. The summed E-state index contributed by atoms with van der Waals surface area (Å²) in [5.41, 5.74) is 10.4. The molecule has 5 rings (SSSR count). The molecule has 0 fully saturated rings. The lowest BCUT2D eigenvalue weighted by Gasteiger charge is -2.07. The number of furan rings is 1. The third-order valence-corrected chi connectivity index (χ3v) is 5.96. The zero-order valence-corrected chi connectivity index (χ0v) is 17.3. The van der Waals surface area contributed by atoms with E-state index in [1.807, 2.05) is 6.07 Å². The summed E-state index contributed by atoms with van der Waals surface area (Å²) in [6.07, 6.45) is 2.20. The van der Waals surface area contributed by atoms with Crippen molar-refractivity contribution in [1.82, 2.24) is 0 Å². The van der Waals surface area contributed by atoms with Crippen molar-refractivity contribution in [2.24, 2.45) is 7.05 Å². The number of nitrogens with zero attached hydrogens (tertiary/aromatic N) is 1. The van der Waals surface area contributed by atoms with Crippen molar-refractivity contribution >= 4 is 21.9 Å². The van der Waals surface area contributed by atoms with Gasteiger partial charge in [0.1, 0.15) is 18.2 Å². The molecule has 2 heteroatoms. The minimum atomic E-state index is 0.951. The third-order valence-electron chi connectivity index (χ3n) is 5.96. The van der Waals surface area contributed by atoms with E-state index in [2.05, 4.69) is 99.2 Å². The highest BCUT2D eigenvalue weighted by atomic mass is 16.3. The number of benzene rings is 3. The molecule has 5 aromatic rings. The fourth-order valence-corrected chi connectivity index (χ4v) is 4.25. The Morgan fingerprint density at radius 2 is 1.45 bits per heavy atom. The van der Waals surface area contributed by atoms with Crippen LogP contribution in [0.15, 0.2) is 77.3 Å². The van der Waals surface area contributed by atoms with Crippen LogP contribution in [0, 0.1) is 20.8 Å². The summed E-state index contributed by atoms with van der Waals surface area (Å²) in [6.45, 7) is 6.48. The van der Waals surface area contributed by atoms with Crippen LogP contribution in [-0.4, -0.2) is 0 Å². The fraction of sp³-hybridized carbons (Fsp3) is 0.148. The van der Waals surface area contributed by atoms with E-state index >= 15 is 0 Å². The maximum absolute atomic E-state index is 6.62. The first-order chi connectivity index (χ1) is 14.0. The van der Waals surface area contributed by atoms with Crippen molar-refractivity contribution in [2.75, 3.05) is 0 Å². The minimum Gasteiger partial charge on any atom is -0.454 e. The van der Waals surface area contributed by atoms with Gasteiger partial charge in [-0.05, 0) is 37.5 Å². The predicted octanol–water partition coefficient (Wildman–Crippen LogP) is 6.67. The monoisotopic (exact) mass is 378 g/mol. The quantitative estimate of drug-likeness (QED) is 0.314. The highest BCUT2D eigenvalue weighted by Gasteiger charge is 2.22. The second-order valence-electron chi connectivity index (χ2n) is 7.92. The molecular formula is C27H24NO+. The van der Waals surface area contributed by atoms with Gasteiger partial charge in [-0.1, -0.05) is 60.7 Å². The molecule has 0 saturated heterocycles. The zero-order chi connectivity index (χ0) is 20.1. The molecule has 2 aromatic heterocycles. The third kappa shape index (κ3) is 2.75. The molecule has 0 aliphatic heterocycles. The van der Waals surface area contributed by atoms with Crippen molar-refractivity contribution in [2.45, 2.75) is 20.8 Å². The maximum atomic E-state index is 6.62. The van der Waals surface area contributed by atoms with Crippen LogP contribution in [-0.2, 0) is 7.05 Å². The van der Waals surface area contributed by atoms with E-state index in [9.17, 15) is 0 Å². The number of rotatable bonds is 2. The lowest BCUT2D eigenvalue weighted by molar-refractivity contribution is -0.660. The highest BCUT2D eigenvalue weighted by Crippen LogP contribution is 2.40. The van der Waals surface area contributed by atoms with Crippen molar-refractivity contribution in [3.63, 3.8) is 0 Å². The summed E-state index contributed by atoms with van der Waals surface area (Å²) in [5, 5.41) is 2.32. The van der Waals surface area contributed by atoms with Gasteiger partial charge in [-0.3, -0.25) is 0 Å². The van der Waals surface area contributed by atoms with Crippen LogP contribution in [0.3, 0.4) is 0 Å². The zero-order valence-electron chi connectivity index (χ0n) is 17.3. The van der Waals surface area contributed by atoms with Crippen LogP contribution in [0.25, 0.3) is 44.3 Å². The molecule has 3 aromatic carbocycles. The molecule has 0 saturated carbocycles. The molecule has 2 nitrogen and oxygen atoms in total. The number of para-hydroxylation sites is 1. The van der Waals surface area contributed by atoms with Crippen molar-refractivity contribution in [1.29, 1.82) is 0 Å². The van der Waals surface area contributed by atoms with Crippen LogP contribution in [0.4, 0.5) is 0 Å². The topological polar surface area (TPSA) is 17.0 Å². The van der Waals surface area contributed by atoms with Gasteiger partial charge in [0.05, 0.1) is 5.56 Å². The van der Waals surface area contributed by atoms with E-state index in [-0.39, 0.29) is 0 Å². The van der Waals surface area contributed by atoms with Crippen molar-refractivity contribution in [3.05, 3.63) is 89.6 Å². The second kappa shape index (κ2) is 6.59. The Morgan fingerprint density at radius 1 is 0.690 bits per heavy atom. The van der Waals surface area contributed by atoms with E-state index in [0.717, 1.165) is 27.5 Å². The molecule has 142 valence electrons. The predicted molar refractivity (Wildman–Crippen MR) is 120 cm³/mol. The van der Waals surface area contributed by atoms with Gasteiger partial charge in [0, 0.05) is 28.0 Å². The Kier molecular flexibility index (Phi) is 4.02. The van der Waals surface area contributed by atoms with Gasteiger partial charge in [0.15, 0.2) is 6.20 Å². The summed E-state index contributed by atoms with van der Waals surface area (Å²) in [6, 6.07) is 23.5. The number of fused-ring (bicyclic) bond motifs is 3. The Morgan fingerprint density at radius 3 is 2.24 bits per heavy atom. The highest BCUT2D eigenvalue weighted by molar-refractivity contribution is 6.13. The van der Waals surface area contributed by atoms with Crippen LogP contribution in [0.1, 0.15) is 16.7 Å². The molecule has 0 radical (unpaired) electrons. The van der Waals surface area contributed by atoms with Crippen LogP contribution in [0.2, 0.25) is 0 Å². The van der Waals surface area contributed by atoms with E-state index in [1.165, 1.54) is 33.5 Å². The summed E-state index contributed by atoms with van der Waals surface area (Å²) >= 11 is 0. The Labute approximate surface area is 171 Å². The fourth-order valence-electron chi connectivity index (χ4n) is 4.25. The van der Waals surface area contributed by atoms with Gasteiger partial charge in [-0.15, -0.1) is 0 Å². The largest absolute Gasteiger partial charge is 0.454 e. The van der Waals surface area contributed by atoms with E-state index in [0.29, 0.717) is 0 Å². The first-order valence-electron chi connectivity index (χ1n) is 10.0. The molecule has 0 N–H and O–H groups in total. The molecule has 0 amide bonds. The Bertz CT molecular complexity index is 1380. The standard InChI is InChI=1S/C27H24NO/c1-17-13-14-23-22-12-8-11-21(20-9-6-5-7-10-20)26(22)29-27(23)25(17)24-15-18(2)19(3)16-28(24)4/h5-16H,1-4H3/q+1. The van der Waals surface area contributed by atoms with Gasteiger partial charge in [-0.2, -0.15) is 0 Å². The second-order valence-corrected chi connectivity index (χ2v) is 7.92. The van der Waals surface area contributed by atoms with Gasteiger partial charge in [0.25, 0.3) is 0 Å². The molecule has 0 spiro atoms. The Hall–Kier alpha value is -3.39. The summed E-state index contributed by atoms with van der Waals surface area (Å²) in [4.78, 5) is 0. The Balaban J connectivity index is 1.88. The molecule has 0 atom stereocenters. The molecule has 0 bridgehead atoms. The minimum absolute atomic E-state index is 0.951. The number of pyridine rings is 1. The van der Waals surface area contributed by atoms with Gasteiger partial charge in [0.2, 0.25) is 5.69 Å². The molecule has 0 aliphatic rings. The average molecular weight is 378 g/mol. The van der Waals surface area contributed by atoms with Crippen LogP contribution >= 0.6 is 0 Å². The maximum Gasteiger partial charge on any atom is 0.216 e. The first kappa shape index (κ1) is 17.7. The summed E-state index contributed by atoms with van der Waals surface area (Å²) in [5.74, 6) is 0. The SMILES string of the molecule is Cc1cc(-c2c(C)ccc3c2oc2c(-c4ccccc4)cccc23)[n+](C)cc1C. The van der Waals surface area contributed by atoms with Crippen molar-refractivity contribution < 1.29 is 8.98 Å². The molecule has 2 heterocycles. The summed E-state index contributed by atoms with van der Waals surface area (Å²) in [7, 11) is 2.11. The summed E-state index contributed by atoms with van der Waals surface area (Å²) < 4.78 is 8.82. The van der Waals surface area contributed by atoms with E-state index < -0.39 is 0 Å². The average Bonchev–Trinajstić information content (AvgIpc) is 3.10. The number of aromatic nitrogens is 1. The number of hydrogen-bond acceptors (Lipinski definition) is 1. The van der Waals surface area contributed by atoms with Crippen LogP contribution < -0.4 is 4.57 Å². The first-order valence-corrected chi connectivity index (χ1v) is 10.0. The van der Waals surface area contributed by atoms with Crippen molar-refractivity contribution in [3.8, 4) is 22.4 Å². The molecular weight excluding hydrogens is 354 g/mol. The lowest BCUT2D eigenvalue weighted by Crippen LogP contribution is -2.31. The normalized spacial score (nSPS) is 11.4. The van der Waals surface area contributed by atoms with Gasteiger partial charge in [-0.25, -0.2) is 4.57 Å². The van der Waals surface area contributed by atoms with Gasteiger partial charge >= 0.3 is 0 Å². The van der Waals surface area contributed by atoms with E-state index in [1.54, 1.807) is 0 Å². The molecule has 29 heavy (non-hydrogen) atoms. The smallest absolute Gasteiger partial charge is 0.216 e. The van der Waals surface area contributed by atoms with Gasteiger partial charge < -0.3 is 4.42 Å².